The predicted molar refractivity (Wildman–Crippen MR) is 108 cm³/mol. The van der Waals surface area contributed by atoms with Crippen molar-refractivity contribution in [3.05, 3.63) is 63.4 Å². The van der Waals surface area contributed by atoms with Gasteiger partial charge in [0.1, 0.15) is 5.01 Å². The lowest BCUT2D eigenvalue weighted by Gasteiger charge is -2.11. The normalized spacial score (nSPS) is 11.1. The zero-order valence-electron chi connectivity index (χ0n) is 14.3. The Bertz CT molecular complexity index is 1180. The first-order valence-electron chi connectivity index (χ1n) is 7.98. The molecule has 27 heavy (non-hydrogen) atoms. The van der Waals surface area contributed by atoms with E-state index in [2.05, 4.69) is 20.6 Å². The number of hydrogen-bond donors (Lipinski definition) is 1. The maximum absolute atomic E-state index is 12.6. The van der Waals surface area contributed by atoms with Crippen LogP contribution in [0.3, 0.4) is 0 Å². The molecule has 4 aromatic rings. The van der Waals surface area contributed by atoms with Gasteiger partial charge < -0.3 is 5.32 Å². The molecule has 0 aliphatic carbocycles. The van der Waals surface area contributed by atoms with Crippen LogP contribution < -0.4 is 5.32 Å². The number of nitrogens with zero attached hydrogens (tertiary/aromatic N) is 4. The number of halogens is 2. The van der Waals surface area contributed by atoms with Crippen LogP contribution in [0.1, 0.15) is 21.7 Å². The van der Waals surface area contributed by atoms with E-state index in [0.717, 1.165) is 26.9 Å². The van der Waals surface area contributed by atoms with E-state index in [0.29, 0.717) is 21.3 Å². The second-order valence-electron chi connectivity index (χ2n) is 5.96. The number of nitrogens with one attached hydrogen (secondary N) is 1. The summed E-state index contributed by atoms with van der Waals surface area (Å²) in [4.78, 5) is 13.3. The summed E-state index contributed by atoms with van der Waals surface area (Å²) in [5.41, 5.74) is 2.86. The molecule has 6 nitrogen and oxygen atoms in total. The second kappa shape index (κ2) is 6.92. The Morgan fingerprint density at radius 3 is 2.67 bits per heavy atom. The molecule has 0 saturated heterocycles. The summed E-state index contributed by atoms with van der Waals surface area (Å²) in [6, 6.07) is 10.6. The highest BCUT2D eigenvalue weighted by molar-refractivity contribution is 7.19. The number of aryl methyl sites for hydroxylation is 2. The molecule has 0 aliphatic heterocycles. The highest BCUT2D eigenvalue weighted by atomic mass is 35.5. The Labute approximate surface area is 168 Å². The molecule has 0 saturated carbocycles. The molecule has 0 aliphatic rings. The van der Waals surface area contributed by atoms with Crippen molar-refractivity contribution in [3.8, 4) is 10.6 Å². The van der Waals surface area contributed by atoms with Gasteiger partial charge >= 0.3 is 0 Å². The molecule has 0 spiro atoms. The van der Waals surface area contributed by atoms with Crippen LogP contribution in [-0.2, 0) is 0 Å². The quantitative estimate of drug-likeness (QED) is 0.507. The fraction of sp³-hybridized carbons (Fsp3) is 0.111. The van der Waals surface area contributed by atoms with Crippen LogP contribution in [0.4, 0.5) is 5.69 Å². The van der Waals surface area contributed by atoms with Crippen LogP contribution in [0, 0.1) is 13.8 Å². The molecule has 2 aromatic carbocycles. The minimum Gasteiger partial charge on any atom is -0.322 e. The minimum atomic E-state index is -0.300. The molecule has 9 heteroatoms. The number of anilines is 1. The molecule has 0 radical (unpaired) electrons. The van der Waals surface area contributed by atoms with Crippen molar-refractivity contribution in [2.24, 2.45) is 0 Å². The van der Waals surface area contributed by atoms with Crippen molar-refractivity contribution < 1.29 is 4.79 Å². The van der Waals surface area contributed by atoms with Gasteiger partial charge in [-0.1, -0.05) is 46.7 Å². The molecule has 2 heterocycles. The molecule has 0 atom stereocenters. The molecule has 0 unspecified atom stereocenters. The van der Waals surface area contributed by atoms with Gasteiger partial charge in [0.15, 0.2) is 5.82 Å². The van der Waals surface area contributed by atoms with Gasteiger partial charge in [-0.2, -0.15) is 9.61 Å². The Morgan fingerprint density at radius 2 is 1.93 bits per heavy atom. The van der Waals surface area contributed by atoms with E-state index >= 15 is 0 Å². The van der Waals surface area contributed by atoms with Crippen LogP contribution in [0.5, 0.6) is 0 Å². The third-order valence-electron chi connectivity index (χ3n) is 4.06. The molecule has 2 aromatic heterocycles. The Balaban J connectivity index is 1.67. The standard InChI is InChI=1S/C18H13Cl2N5OS/c1-9-3-4-11(17-24-25-10(2)22-23-18(25)27-17)7-15(9)21-16(26)13-6-5-12(19)8-14(13)20/h3-8H,1-2H3,(H,21,26). The summed E-state index contributed by atoms with van der Waals surface area (Å²) < 4.78 is 1.70. The molecule has 0 fully saturated rings. The average Bonchev–Trinajstić information content (AvgIpc) is 3.19. The SMILES string of the molecule is Cc1ccc(-c2nn3c(C)nnc3s2)cc1NC(=O)c1ccc(Cl)cc1Cl. The van der Waals surface area contributed by atoms with E-state index in [1.165, 1.54) is 11.3 Å². The van der Waals surface area contributed by atoms with Gasteiger partial charge in [0.05, 0.1) is 10.6 Å². The number of rotatable bonds is 3. The van der Waals surface area contributed by atoms with Crippen molar-refractivity contribution in [3.63, 3.8) is 0 Å². The number of benzene rings is 2. The van der Waals surface area contributed by atoms with E-state index in [9.17, 15) is 4.79 Å². The first-order valence-corrected chi connectivity index (χ1v) is 9.56. The minimum absolute atomic E-state index is 0.300. The van der Waals surface area contributed by atoms with Crippen molar-refractivity contribution in [2.45, 2.75) is 13.8 Å². The predicted octanol–water partition coefficient (Wildman–Crippen LogP) is 5.03. The summed E-state index contributed by atoms with van der Waals surface area (Å²) in [5.74, 6) is 0.427. The molecular weight excluding hydrogens is 405 g/mol. The molecule has 1 amide bonds. The topological polar surface area (TPSA) is 72.2 Å². The van der Waals surface area contributed by atoms with E-state index in [1.54, 1.807) is 22.7 Å². The Morgan fingerprint density at radius 1 is 1.11 bits per heavy atom. The second-order valence-corrected chi connectivity index (χ2v) is 7.76. The number of carbonyl (C=O) groups excluding carboxylic acids is 1. The fourth-order valence-electron chi connectivity index (χ4n) is 2.58. The molecule has 136 valence electrons. The van der Waals surface area contributed by atoms with Crippen LogP contribution >= 0.6 is 34.5 Å². The summed E-state index contributed by atoms with van der Waals surface area (Å²) >= 11 is 13.5. The maximum atomic E-state index is 12.6. The molecule has 4 rings (SSSR count). The number of aromatic nitrogens is 4. The lowest BCUT2D eigenvalue weighted by molar-refractivity contribution is 0.102. The third-order valence-corrected chi connectivity index (χ3v) is 5.55. The van der Waals surface area contributed by atoms with Gasteiger partial charge in [0.25, 0.3) is 5.91 Å². The van der Waals surface area contributed by atoms with E-state index in [1.807, 2.05) is 32.0 Å². The average molecular weight is 418 g/mol. The first kappa shape index (κ1) is 17.9. The van der Waals surface area contributed by atoms with Gasteiger partial charge in [0.2, 0.25) is 4.96 Å². The van der Waals surface area contributed by atoms with E-state index in [-0.39, 0.29) is 5.91 Å². The lowest BCUT2D eigenvalue weighted by atomic mass is 10.1. The molecular formula is C18H13Cl2N5OS. The largest absolute Gasteiger partial charge is 0.322 e. The zero-order valence-corrected chi connectivity index (χ0v) is 16.7. The number of carbonyl (C=O) groups is 1. The van der Waals surface area contributed by atoms with Crippen molar-refractivity contribution in [1.82, 2.24) is 19.8 Å². The van der Waals surface area contributed by atoms with Crippen LogP contribution in [0.2, 0.25) is 10.0 Å². The number of fused-ring (bicyclic) bond motifs is 1. The van der Waals surface area contributed by atoms with Gasteiger partial charge in [0, 0.05) is 16.3 Å². The third kappa shape index (κ3) is 3.41. The molecule has 1 N–H and O–H groups in total. The van der Waals surface area contributed by atoms with Gasteiger partial charge in [-0.15, -0.1) is 10.2 Å². The Kier molecular flexibility index (Phi) is 4.59. The summed E-state index contributed by atoms with van der Waals surface area (Å²) in [5, 5.41) is 17.1. The smallest absolute Gasteiger partial charge is 0.257 e. The van der Waals surface area contributed by atoms with Crippen LogP contribution in [0.15, 0.2) is 36.4 Å². The monoisotopic (exact) mass is 417 g/mol. The summed E-state index contributed by atoms with van der Waals surface area (Å²) in [6.45, 7) is 3.77. The maximum Gasteiger partial charge on any atom is 0.257 e. The number of hydrogen-bond acceptors (Lipinski definition) is 5. The Hall–Kier alpha value is -2.48. The molecule has 0 bridgehead atoms. The fourth-order valence-corrected chi connectivity index (χ4v) is 3.96. The summed E-state index contributed by atoms with van der Waals surface area (Å²) in [6.07, 6.45) is 0. The van der Waals surface area contributed by atoms with Crippen LogP contribution in [-0.4, -0.2) is 25.7 Å². The van der Waals surface area contributed by atoms with Gasteiger partial charge in [-0.3, -0.25) is 4.79 Å². The van der Waals surface area contributed by atoms with Crippen molar-refractivity contribution in [2.75, 3.05) is 5.32 Å². The summed E-state index contributed by atoms with van der Waals surface area (Å²) in [7, 11) is 0. The highest BCUT2D eigenvalue weighted by Gasteiger charge is 2.15. The lowest BCUT2D eigenvalue weighted by Crippen LogP contribution is -2.13. The van der Waals surface area contributed by atoms with Crippen molar-refractivity contribution >= 4 is 51.1 Å². The zero-order chi connectivity index (χ0) is 19.1. The first-order chi connectivity index (χ1) is 12.9. The van der Waals surface area contributed by atoms with Crippen LogP contribution in [0.25, 0.3) is 15.5 Å². The van der Waals surface area contributed by atoms with E-state index < -0.39 is 0 Å². The number of amides is 1. The van der Waals surface area contributed by atoms with Gasteiger partial charge in [-0.25, -0.2) is 0 Å². The van der Waals surface area contributed by atoms with Gasteiger partial charge in [-0.05, 0) is 43.7 Å². The van der Waals surface area contributed by atoms with E-state index in [4.69, 9.17) is 23.2 Å². The highest BCUT2D eigenvalue weighted by Crippen LogP contribution is 2.30. The van der Waals surface area contributed by atoms with Crippen molar-refractivity contribution in [1.29, 1.82) is 0 Å².